The van der Waals surface area contributed by atoms with Crippen LogP contribution in [0.5, 0.6) is 5.75 Å². The Bertz CT molecular complexity index is 946. The summed E-state index contributed by atoms with van der Waals surface area (Å²) in [5.41, 5.74) is 6.84. The van der Waals surface area contributed by atoms with Gasteiger partial charge in [0.05, 0.1) is 11.4 Å². The van der Waals surface area contributed by atoms with Gasteiger partial charge in [0.2, 0.25) is 0 Å². The summed E-state index contributed by atoms with van der Waals surface area (Å²) >= 11 is 0. The average Bonchev–Trinajstić information content (AvgIpc) is 2.67. The third kappa shape index (κ3) is 3.21. The van der Waals surface area contributed by atoms with Crippen molar-refractivity contribution in [2.45, 2.75) is 20.8 Å². The second-order valence-corrected chi connectivity index (χ2v) is 6.36. The SMILES string of the molecule is CC=Nc1c(-c2ccccc2)cccc1N(C)c1ccc(C)c(O)c1C. The number of aromatic hydroxyl groups is 1. The molecule has 0 saturated heterocycles. The van der Waals surface area contributed by atoms with Crippen molar-refractivity contribution in [2.24, 2.45) is 4.99 Å². The van der Waals surface area contributed by atoms with Crippen molar-refractivity contribution in [1.29, 1.82) is 0 Å². The van der Waals surface area contributed by atoms with Crippen LogP contribution >= 0.6 is 0 Å². The molecule has 0 bridgehead atoms. The molecule has 0 atom stereocenters. The van der Waals surface area contributed by atoms with Gasteiger partial charge in [-0.05, 0) is 44.0 Å². The highest BCUT2D eigenvalue weighted by Gasteiger charge is 2.16. The average molecular weight is 344 g/mol. The van der Waals surface area contributed by atoms with E-state index in [1.54, 1.807) is 0 Å². The maximum Gasteiger partial charge on any atom is 0.123 e. The third-order valence-corrected chi connectivity index (χ3v) is 4.68. The van der Waals surface area contributed by atoms with Crippen LogP contribution in [-0.4, -0.2) is 18.4 Å². The highest BCUT2D eigenvalue weighted by atomic mass is 16.3. The molecule has 3 heteroatoms. The van der Waals surface area contributed by atoms with E-state index in [1.165, 1.54) is 0 Å². The van der Waals surface area contributed by atoms with E-state index in [4.69, 9.17) is 0 Å². The Hall–Kier alpha value is -3.07. The van der Waals surface area contributed by atoms with Crippen LogP contribution in [0.15, 0.2) is 65.7 Å². The van der Waals surface area contributed by atoms with Crippen LogP contribution in [0.25, 0.3) is 11.1 Å². The molecule has 0 amide bonds. The number of benzene rings is 3. The Morgan fingerprint density at radius 2 is 1.62 bits per heavy atom. The molecule has 3 rings (SSSR count). The molecule has 1 N–H and O–H groups in total. The van der Waals surface area contributed by atoms with E-state index >= 15 is 0 Å². The minimum absolute atomic E-state index is 0.342. The number of phenols is 1. The number of hydrogen-bond acceptors (Lipinski definition) is 3. The van der Waals surface area contributed by atoms with Crippen molar-refractivity contribution < 1.29 is 5.11 Å². The van der Waals surface area contributed by atoms with Gasteiger partial charge in [-0.25, -0.2) is 0 Å². The molecule has 0 aromatic heterocycles. The van der Waals surface area contributed by atoms with Crippen LogP contribution in [-0.2, 0) is 0 Å². The van der Waals surface area contributed by atoms with Crippen molar-refractivity contribution in [3.05, 3.63) is 71.8 Å². The predicted molar refractivity (Wildman–Crippen MR) is 111 cm³/mol. The van der Waals surface area contributed by atoms with Gasteiger partial charge in [0.25, 0.3) is 0 Å². The molecule has 0 aliphatic rings. The zero-order valence-electron chi connectivity index (χ0n) is 15.7. The molecular weight excluding hydrogens is 320 g/mol. The molecule has 0 aliphatic carbocycles. The maximum atomic E-state index is 10.3. The van der Waals surface area contributed by atoms with Crippen LogP contribution in [0.2, 0.25) is 0 Å². The largest absolute Gasteiger partial charge is 0.507 e. The van der Waals surface area contributed by atoms with E-state index < -0.39 is 0 Å². The fourth-order valence-electron chi connectivity index (χ4n) is 3.24. The first kappa shape index (κ1) is 17.7. The number of rotatable bonds is 4. The van der Waals surface area contributed by atoms with Crippen molar-refractivity contribution in [1.82, 2.24) is 0 Å². The zero-order valence-corrected chi connectivity index (χ0v) is 15.7. The molecule has 0 aliphatic heterocycles. The second-order valence-electron chi connectivity index (χ2n) is 6.36. The van der Waals surface area contributed by atoms with E-state index in [9.17, 15) is 5.11 Å². The summed E-state index contributed by atoms with van der Waals surface area (Å²) in [6.07, 6.45) is 1.82. The Morgan fingerprint density at radius 1 is 0.885 bits per heavy atom. The Balaban J connectivity index is 2.18. The molecule has 132 valence electrons. The lowest BCUT2D eigenvalue weighted by molar-refractivity contribution is 0.467. The molecule has 0 unspecified atom stereocenters. The fourth-order valence-corrected chi connectivity index (χ4v) is 3.24. The van der Waals surface area contributed by atoms with Crippen LogP contribution in [0, 0.1) is 13.8 Å². The van der Waals surface area contributed by atoms with Gasteiger partial charge in [-0.15, -0.1) is 0 Å². The van der Waals surface area contributed by atoms with Crippen molar-refractivity contribution in [2.75, 3.05) is 11.9 Å². The number of hydrogen-bond donors (Lipinski definition) is 1. The minimum Gasteiger partial charge on any atom is -0.507 e. The molecule has 0 saturated carbocycles. The number of aliphatic imine (C=N–C) groups is 1. The first-order valence-electron chi connectivity index (χ1n) is 8.74. The molecule has 3 nitrogen and oxygen atoms in total. The third-order valence-electron chi connectivity index (χ3n) is 4.68. The summed E-state index contributed by atoms with van der Waals surface area (Å²) < 4.78 is 0. The lowest BCUT2D eigenvalue weighted by atomic mass is 10.0. The van der Waals surface area contributed by atoms with Crippen LogP contribution in [0.4, 0.5) is 17.1 Å². The topological polar surface area (TPSA) is 35.8 Å². The van der Waals surface area contributed by atoms with E-state index in [0.29, 0.717) is 5.75 Å². The smallest absolute Gasteiger partial charge is 0.123 e. The lowest BCUT2D eigenvalue weighted by Gasteiger charge is -2.25. The van der Waals surface area contributed by atoms with Gasteiger partial charge >= 0.3 is 0 Å². The molecular formula is C23H24N2O. The standard InChI is InChI=1S/C23H24N2O/c1-5-24-22-19(18-10-7-6-8-11-18)12-9-13-21(22)25(4)20-15-14-16(2)23(26)17(20)3/h5-15,26H,1-4H3. The van der Waals surface area contributed by atoms with Gasteiger partial charge in [0, 0.05) is 30.1 Å². The molecule has 3 aromatic rings. The number of para-hydroxylation sites is 1. The van der Waals surface area contributed by atoms with Crippen molar-refractivity contribution in [3.63, 3.8) is 0 Å². The summed E-state index contributed by atoms with van der Waals surface area (Å²) in [4.78, 5) is 6.76. The summed E-state index contributed by atoms with van der Waals surface area (Å²) in [5, 5.41) is 10.3. The van der Waals surface area contributed by atoms with E-state index in [-0.39, 0.29) is 0 Å². The molecule has 0 fully saturated rings. The first-order valence-corrected chi connectivity index (χ1v) is 8.74. The highest BCUT2D eigenvalue weighted by Crippen LogP contribution is 2.42. The van der Waals surface area contributed by atoms with E-state index in [2.05, 4.69) is 34.2 Å². The van der Waals surface area contributed by atoms with E-state index in [0.717, 1.165) is 39.3 Å². The zero-order chi connectivity index (χ0) is 18.7. The van der Waals surface area contributed by atoms with Crippen molar-refractivity contribution >= 4 is 23.3 Å². The Kier molecular flexibility index (Phi) is 5.08. The van der Waals surface area contributed by atoms with Crippen LogP contribution in [0.1, 0.15) is 18.1 Å². The predicted octanol–water partition coefficient (Wildman–Crippen LogP) is 6.17. The number of aryl methyl sites for hydroxylation is 1. The van der Waals surface area contributed by atoms with Gasteiger partial charge < -0.3 is 10.0 Å². The van der Waals surface area contributed by atoms with Crippen LogP contribution < -0.4 is 4.90 Å². The fraction of sp³-hybridized carbons (Fsp3) is 0.174. The highest BCUT2D eigenvalue weighted by molar-refractivity contribution is 5.90. The number of nitrogens with zero attached hydrogens (tertiary/aromatic N) is 2. The lowest BCUT2D eigenvalue weighted by Crippen LogP contribution is -2.11. The second kappa shape index (κ2) is 7.44. The molecule has 0 spiro atoms. The van der Waals surface area contributed by atoms with E-state index in [1.807, 2.05) is 70.4 Å². The quantitative estimate of drug-likeness (QED) is 0.575. The van der Waals surface area contributed by atoms with Crippen molar-refractivity contribution in [3.8, 4) is 16.9 Å². The first-order chi connectivity index (χ1) is 12.5. The Morgan fingerprint density at radius 3 is 2.31 bits per heavy atom. The number of anilines is 2. The molecule has 26 heavy (non-hydrogen) atoms. The van der Waals surface area contributed by atoms with Gasteiger partial charge in [-0.2, -0.15) is 0 Å². The van der Waals surface area contributed by atoms with Crippen LogP contribution in [0.3, 0.4) is 0 Å². The summed E-state index contributed by atoms with van der Waals surface area (Å²) in [6.45, 7) is 5.78. The van der Waals surface area contributed by atoms with Gasteiger partial charge in [-0.3, -0.25) is 4.99 Å². The van der Waals surface area contributed by atoms with Gasteiger partial charge in [0.15, 0.2) is 0 Å². The molecule has 0 heterocycles. The van der Waals surface area contributed by atoms with Gasteiger partial charge in [0.1, 0.15) is 5.75 Å². The Labute approximate surface area is 155 Å². The number of phenolic OH excluding ortho intramolecular Hbond substituents is 1. The summed E-state index contributed by atoms with van der Waals surface area (Å²) in [6, 6.07) is 20.5. The molecule has 3 aromatic carbocycles. The molecule has 0 radical (unpaired) electrons. The normalized spacial score (nSPS) is 11.1. The maximum absolute atomic E-state index is 10.3. The monoisotopic (exact) mass is 344 g/mol. The summed E-state index contributed by atoms with van der Waals surface area (Å²) in [7, 11) is 2.01. The van der Waals surface area contributed by atoms with Gasteiger partial charge in [-0.1, -0.05) is 48.5 Å². The summed E-state index contributed by atoms with van der Waals surface area (Å²) in [5.74, 6) is 0.342. The minimum atomic E-state index is 0.342.